The van der Waals surface area contributed by atoms with Crippen molar-refractivity contribution in [2.75, 3.05) is 12.8 Å². The summed E-state index contributed by atoms with van der Waals surface area (Å²) in [5.41, 5.74) is 0.899. The zero-order valence-corrected chi connectivity index (χ0v) is 12.4. The SMILES string of the molecule is C[C@@H](CCNC(=O)OCc1ccccc1)OS(C)(=O)=O. The van der Waals surface area contributed by atoms with Gasteiger partial charge >= 0.3 is 6.09 Å². The number of rotatable bonds is 7. The molecule has 0 aliphatic carbocycles. The lowest BCUT2D eigenvalue weighted by Crippen LogP contribution is -2.28. The standard InChI is InChI=1S/C13H19NO5S/c1-11(19-20(2,16)17)8-9-14-13(15)18-10-12-6-4-3-5-7-12/h3-7,11H,8-10H2,1-2H3,(H,14,15)/t11-/m0/s1. The Morgan fingerprint density at radius 3 is 2.55 bits per heavy atom. The summed E-state index contributed by atoms with van der Waals surface area (Å²) in [6.07, 6.45) is 0.346. The lowest BCUT2D eigenvalue weighted by Gasteiger charge is -2.11. The lowest BCUT2D eigenvalue weighted by atomic mass is 10.2. The second-order valence-corrected chi connectivity index (χ2v) is 5.99. The third-order valence-electron chi connectivity index (χ3n) is 2.37. The molecule has 7 heteroatoms. The number of carbonyl (C=O) groups is 1. The Morgan fingerprint density at radius 2 is 1.95 bits per heavy atom. The summed E-state index contributed by atoms with van der Waals surface area (Å²) in [5, 5.41) is 2.53. The molecule has 1 amide bonds. The molecule has 0 aromatic heterocycles. The van der Waals surface area contributed by atoms with Gasteiger partial charge in [0.1, 0.15) is 6.61 Å². The molecule has 0 radical (unpaired) electrons. The van der Waals surface area contributed by atoms with Crippen molar-refractivity contribution >= 4 is 16.2 Å². The molecule has 1 aromatic carbocycles. The van der Waals surface area contributed by atoms with Gasteiger partial charge in [-0.1, -0.05) is 30.3 Å². The van der Waals surface area contributed by atoms with Crippen molar-refractivity contribution in [2.45, 2.75) is 26.1 Å². The molecule has 0 unspecified atom stereocenters. The van der Waals surface area contributed by atoms with E-state index in [1.807, 2.05) is 30.3 Å². The predicted octanol–water partition coefficient (Wildman–Crippen LogP) is 1.67. The van der Waals surface area contributed by atoms with Crippen LogP contribution >= 0.6 is 0 Å². The van der Waals surface area contributed by atoms with E-state index in [1.165, 1.54) is 0 Å². The molecule has 112 valence electrons. The molecule has 0 aliphatic rings. The van der Waals surface area contributed by atoms with Gasteiger partial charge in [0, 0.05) is 6.54 Å². The van der Waals surface area contributed by atoms with Gasteiger partial charge in [-0.25, -0.2) is 4.79 Å². The summed E-state index contributed by atoms with van der Waals surface area (Å²) in [6.45, 7) is 2.10. The summed E-state index contributed by atoms with van der Waals surface area (Å²) in [5.74, 6) is 0. The molecular weight excluding hydrogens is 282 g/mol. The minimum Gasteiger partial charge on any atom is -0.445 e. The van der Waals surface area contributed by atoms with Crippen LogP contribution in [0, 0.1) is 0 Å². The highest BCUT2D eigenvalue weighted by molar-refractivity contribution is 7.86. The minimum atomic E-state index is -3.46. The molecule has 1 atom stereocenters. The van der Waals surface area contributed by atoms with Crippen molar-refractivity contribution < 1.29 is 22.1 Å². The maximum absolute atomic E-state index is 11.4. The molecule has 1 N–H and O–H groups in total. The van der Waals surface area contributed by atoms with Gasteiger partial charge in [0.2, 0.25) is 0 Å². The Kier molecular flexibility index (Phi) is 6.47. The molecule has 20 heavy (non-hydrogen) atoms. The number of hydrogen-bond acceptors (Lipinski definition) is 5. The highest BCUT2D eigenvalue weighted by atomic mass is 32.2. The average molecular weight is 301 g/mol. The topological polar surface area (TPSA) is 81.7 Å². The summed E-state index contributed by atoms with van der Waals surface area (Å²) in [7, 11) is -3.46. The Hall–Kier alpha value is -1.60. The number of carbonyl (C=O) groups excluding carboxylic acids is 1. The number of hydrogen-bond donors (Lipinski definition) is 1. The normalized spacial score (nSPS) is 12.7. The Labute approximate surface area is 119 Å². The lowest BCUT2D eigenvalue weighted by molar-refractivity contribution is 0.137. The molecule has 0 fully saturated rings. The van der Waals surface area contributed by atoms with Crippen LogP contribution in [0.5, 0.6) is 0 Å². The van der Waals surface area contributed by atoms with Gasteiger partial charge in [0.25, 0.3) is 10.1 Å². The summed E-state index contributed by atoms with van der Waals surface area (Å²) >= 11 is 0. The highest BCUT2D eigenvalue weighted by Gasteiger charge is 2.10. The molecule has 6 nitrogen and oxygen atoms in total. The van der Waals surface area contributed by atoms with E-state index >= 15 is 0 Å². The van der Waals surface area contributed by atoms with E-state index in [-0.39, 0.29) is 13.2 Å². The molecule has 0 aliphatic heterocycles. The molecule has 0 bridgehead atoms. The number of nitrogens with one attached hydrogen (secondary N) is 1. The van der Waals surface area contributed by atoms with Crippen LogP contribution in [0.15, 0.2) is 30.3 Å². The minimum absolute atomic E-state index is 0.196. The molecule has 0 spiro atoms. The van der Waals surface area contributed by atoms with E-state index < -0.39 is 22.3 Å². The zero-order chi connectivity index (χ0) is 15.0. The summed E-state index contributed by atoms with van der Waals surface area (Å²) < 4.78 is 31.5. The molecule has 1 rings (SSSR count). The van der Waals surface area contributed by atoms with Crippen molar-refractivity contribution in [1.29, 1.82) is 0 Å². The second-order valence-electron chi connectivity index (χ2n) is 4.39. The highest BCUT2D eigenvalue weighted by Crippen LogP contribution is 2.02. The number of amides is 1. The summed E-state index contributed by atoms with van der Waals surface area (Å²) in [6, 6.07) is 9.32. The first-order valence-electron chi connectivity index (χ1n) is 6.19. The van der Waals surface area contributed by atoms with E-state index in [0.717, 1.165) is 11.8 Å². The smallest absolute Gasteiger partial charge is 0.407 e. The van der Waals surface area contributed by atoms with Crippen molar-refractivity contribution in [3.63, 3.8) is 0 Å². The number of benzene rings is 1. The van der Waals surface area contributed by atoms with Gasteiger partial charge in [0.15, 0.2) is 0 Å². The zero-order valence-electron chi connectivity index (χ0n) is 11.5. The molecule has 0 heterocycles. The van der Waals surface area contributed by atoms with Crippen LogP contribution in [0.25, 0.3) is 0 Å². The summed E-state index contributed by atoms with van der Waals surface area (Å²) in [4.78, 5) is 11.4. The van der Waals surface area contributed by atoms with Gasteiger partial charge in [-0.2, -0.15) is 8.42 Å². The maximum atomic E-state index is 11.4. The third kappa shape index (κ3) is 7.75. The van der Waals surface area contributed by atoms with Gasteiger partial charge in [-0.15, -0.1) is 0 Å². The largest absolute Gasteiger partial charge is 0.445 e. The Morgan fingerprint density at radius 1 is 1.30 bits per heavy atom. The molecule has 0 saturated heterocycles. The monoisotopic (exact) mass is 301 g/mol. The van der Waals surface area contributed by atoms with Crippen LogP contribution in [0.1, 0.15) is 18.9 Å². The molecule has 1 aromatic rings. The number of alkyl carbamates (subject to hydrolysis) is 1. The average Bonchev–Trinajstić information content (AvgIpc) is 2.35. The van der Waals surface area contributed by atoms with Gasteiger partial charge in [0.05, 0.1) is 12.4 Å². The first-order valence-corrected chi connectivity index (χ1v) is 8.01. The van der Waals surface area contributed by atoms with E-state index in [9.17, 15) is 13.2 Å². The van der Waals surface area contributed by atoms with Gasteiger partial charge < -0.3 is 10.1 Å². The fourth-order valence-corrected chi connectivity index (χ4v) is 2.19. The second kappa shape index (κ2) is 7.86. The van der Waals surface area contributed by atoms with Crippen molar-refractivity contribution in [3.05, 3.63) is 35.9 Å². The first kappa shape index (κ1) is 16.5. The molecular formula is C13H19NO5S. The molecule has 0 saturated carbocycles. The van der Waals surface area contributed by atoms with Crippen molar-refractivity contribution in [2.24, 2.45) is 0 Å². The third-order valence-corrected chi connectivity index (χ3v) is 3.05. The predicted molar refractivity (Wildman–Crippen MR) is 74.6 cm³/mol. The van der Waals surface area contributed by atoms with E-state index in [4.69, 9.17) is 8.92 Å². The van der Waals surface area contributed by atoms with Gasteiger partial charge in [-0.3, -0.25) is 4.18 Å². The quantitative estimate of drug-likeness (QED) is 0.775. The maximum Gasteiger partial charge on any atom is 0.407 e. The van der Waals surface area contributed by atoms with E-state index in [0.29, 0.717) is 6.42 Å². The van der Waals surface area contributed by atoms with Crippen molar-refractivity contribution in [1.82, 2.24) is 5.32 Å². The number of ether oxygens (including phenoxy) is 1. The fraction of sp³-hybridized carbons (Fsp3) is 0.462. The van der Waals surface area contributed by atoms with E-state index in [2.05, 4.69) is 5.32 Å². The fourth-order valence-electron chi connectivity index (χ4n) is 1.50. The van der Waals surface area contributed by atoms with Gasteiger partial charge in [-0.05, 0) is 18.9 Å². The Bertz CT molecular complexity index is 515. The Balaban J connectivity index is 2.17. The van der Waals surface area contributed by atoms with Crippen LogP contribution in [-0.4, -0.2) is 33.4 Å². The van der Waals surface area contributed by atoms with Crippen LogP contribution in [-0.2, 0) is 25.6 Å². The van der Waals surface area contributed by atoms with Crippen molar-refractivity contribution in [3.8, 4) is 0 Å². The van der Waals surface area contributed by atoms with Crippen LogP contribution in [0.3, 0.4) is 0 Å². The first-order chi connectivity index (χ1) is 9.37. The van der Waals surface area contributed by atoms with E-state index in [1.54, 1.807) is 6.92 Å². The van der Waals surface area contributed by atoms with Crippen LogP contribution < -0.4 is 5.32 Å². The van der Waals surface area contributed by atoms with Crippen LogP contribution in [0.2, 0.25) is 0 Å². The van der Waals surface area contributed by atoms with Crippen LogP contribution in [0.4, 0.5) is 4.79 Å².